The standard InChI is InChI=1S/C13H24N2O2/c16-10-9-14-5-7-15(8-6-14)11-12-3-1-2-4-13(12)17/h12,16H,1-11H2. The van der Waals surface area contributed by atoms with E-state index in [-0.39, 0.29) is 6.61 Å². The van der Waals surface area contributed by atoms with Crippen LogP contribution >= 0.6 is 0 Å². The molecule has 0 aromatic rings. The van der Waals surface area contributed by atoms with Crippen LogP contribution in [0.25, 0.3) is 0 Å². The van der Waals surface area contributed by atoms with Crippen LogP contribution in [0.3, 0.4) is 0 Å². The van der Waals surface area contributed by atoms with Crippen LogP contribution in [-0.2, 0) is 4.79 Å². The Kier molecular flexibility index (Phi) is 4.95. The highest BCUT2D eigenvalue weighted by Crippen LogP contribution is 2.21. The highest BCUT2D eigenvalue weighted by molar-refractivity contribution is 5.81. The number of piperazine rings is 1. The van der Waals surface area contributed by atoms with Gasteiger partial charge in [0.1, 0.15) is 5.78 Å². The van der Waals surface area contributed by atoms with Gasteiger partial charge in [-0.1, -0.05) is 6.42 Å². The smallest absolute Gasteiger partial charge is 0.137 e. The number of ketones is 1. The number of hydrogen-bond acceptors (Lipinski definition) is 4. The molecule has 0 aromatic heterocycles. The molecular weight excluding hydrogens is 216 g/mol. The fraction of sp³-hybridized carbons (Fsp3) is 0.923. The van der Waals surface area contributed by atoms with E-state index in [0.29, 0.717) is 11.7 Å². The average Bonchev–Trinajstić information content (AvgIpc) is 2.35. The lowest BCUT2D eigenvalue weighted by Crippen LogP contribution is -2.49. The summed E-state index contributed by atoms with van der Waals surface area (Å²) in [7, 11) is 0. The summed E-state index contributed by atoms with van der Waals surface area (Å²) in [5, 5.41) is 8.88. The summed E-state index contributed by atoms with van der Waals surface area (Å²) in [4.78, 5) is 16.5. The maximum atomic E-state index is 11.8. The van der Waals surface area contributed by atoms with Crippen molar-refractivity contribution in [2.24, 2.45) is 5.92 Å². The molecule has 0 bridgehead atoms. The van der Waals surface area contributed by atoms with E-state index >= 15 is 0 Å². The zero-order chi connectivity index (χ0) is 12.1. The van der Waals surface area contributed by atoms with Gasteiger partial charge < -0.3 is 10.0 Å². The maximum absolute atomic E-state index is 11.8. The number of Topliss-reactive ketones (excluding diaryl/α,β-unsaturated/α-hetero) is 1. The molecule has 17 heavy (non-hydrogen) atoms. The molecule has 1 saturated carbocycles. The van der Waals surface area contributed by atoms with Crippen LogP contribution in [0.4, 0.5) is 0 Å². The Morgan fingerprint density at radius 1 is 1.12 bits per heavy atom. The second kappa shape index (κ2) is 6.47. The largest absolute Gasteiger partial charge is 0.395 e. The molecule has 1 aliphatic heterocycles. The van der Waals surface area contributed by atoms with Crippen LogP contribution in [0, 0.1) is 5.92 Å². The van der Waals surface area contributed by atoms with Gasteiger partial charge in [-0.05, 0) is 12.8 Å². The second-order valence-electron chi connectivity index (χ2n) is 5.27. The van der Waals surface area contributed by atoms with Crippen LogP contribution in [0.15, 0.2) is 0 Å². The lowest BCUT2D eigenvalue weighted by atomic mass is 9.87. The zero-order valence-corrected chi connectivity index (χ0v) is 10.6. The molecule has 0 amide bonds. The highest BCUT2D eigenvalue weighted by Gasteiger charge is 2.26. The summed E-state index contributed by atoms with van der Waals surface area (Å²) < 4.78 is 0. The molecule has 1 unspecified atom stereocenters. The van der Waals surface area contributed by atoms with Gasteiger partial charge in [0, 0.05) is 51.6 Å². The van der Waals surface area contributed by atoms with E-state index in [4.69, 9.17) is 5.11 Å². The molecule has 2 aliphatic rings. The molecule has 4 heteroatoms. The van der Waals surface area contributed by atoms with E-state index in [0.717, 1.165) is 58.5 Å². The van der Waals surface area contributed by atoms with Crippen molar-refractivity contribution >= 4 is 5.78 Å². The van der Waals surface area contributed by atoms with Gasteiger partial charge in [0.05, 0.1) is 6.61 Å². The van der Waals surface area contributed by atoms with Crippen molar-refractivity contribution < 1.29 is 9.90 Å². The number of β-amino-alcohol motifs (C(OH)–C–C–N with tert-alkyl or cyclic N) is 1. The quantitative estimate of drug-likeness (QED) is 0.770. The molecule has 0 aromatic carbocycles. The SMILES string of the molecule is O=C1CCCCC1CN1CCN(CCO)CC1. The van der Waals surface area contributed by atoms with E-state index in [2.05, 4.69) is 9.80 Å². The van der Waals surface area contributed by atoms with Gasteiger partial charge in [-0.15, -0.1) is 0 Å². The normalized spacial score (nSPS) is 28.5. The molecule has 0 radical (unpaired) electrons. The zero-order valence-electron chi connectivity index (χ0n) is 10.6. The van der Waals surface area contributed by atoms with Gasteiger partial charge in [-0.25, -0.2) is 0 Å². The Labute approximate surface area is 104 Å². The Bertz CT molecular complexity index is 250. The molecule has 1 heterocycles. The lowest BCUT2D eigenvalue weighted by Gasteiger charge is -2.36. The molecule has 1 N–H and O–H groups in total. The van der Waals surface area contributed by atoms with Crippen LogP contribution in [0.1, 0.15) is 25.7 Å². The van der Waals surface area contributed by atoms with E-state index in [1.54, 1.807) is 0 Å². The Morgan fingerprint density at radius 3 is 2.47 bits per heavy atom. The van der Waals surface area contributed by atoms with Crippen molar-refractivity contribution in [1.29, 1.82) is 0 Å². The summed E-state index contributed by atoms with van der Waals surface area (Å²) >= 11 is 0. The van der Waals surface area contributed by atoms with Crippen LogP contribution in [-0.4, -0.2) is 66.6 Å². The summed E-state index contributed by atoms with van der Waals surface area (Å²) in [6.07, 6.45) is 4.21. The molecule has 2 rings (SSSR count). The lowest BCUT2D eigenvalue weighted by molar-refractivity contribution is -0.125. The fourth-order valence-corrected chi connectivity index (χ4v) is 2.90. The predicted octanol–water partition coefficient (Wildman–Crippen LogP) is 0.356. The van der Waals surface area contributed by atoms with E-state index in [9.17, 15) is 4.79 Å². The molecule has 1 saturated heterocycles. The van der Waals surface area contributed by atoms with Crippen molar-refractivity contribution in [3.63, 3.8) is 0 Å². The molecule has 0 spiro atoms. The van der Waals surface area contributed by atoms with E-state index in [1.165, 1.54) is 6.42 Å². The summed E-state index contributed by atoms with van der Waals surface area (Å²) in [5.74, 6) is 0.780. The van der Waals surface area contributed by atoms with Gasteiger partial charge in [0.25, 0.3) is 0 Å². The number of aliphatic hydroxyl groups excluding tert-OH is 1. The van der Waals surface area contributed by atoms with E-state index in [1.807, 2.05) is 0 Å². The number of hydrogen-bond donors (Lipinski definition) is 1. The van der Waals surface area contributed by atoms with Crippen molar-refractivity contribution in [3.8, 4) is 0 Å². The molecule has 98 valence electrons. The number of carbonyl (C=O) groups excluding carboxylic acids is 1. The van der Waals surface area contributed by atoms with Crippen molar-refractivity contribution in [2.45, 2.75) is 25.7 Å². The van der Waals surface area contributed by atoms with Gasteiger partial charge in [0.15, 0.2) is 0 Å². The fourth-order valence-electron chi connectivity index (χ4n) is 2.90. The van der Waals surface area contributed by atoms with Crippen LogP contribution < -0.4 is 0 Å². The van der Waals surface area contributed by atoms with Crippen molar-refractivity contribution in [1.82, 2.24) is 9.80 Å². The molecule has 2 fully saturated rings. The molecule has 1 aliphatic carbocycles. The predicted molar refractivity (Wildman–Crippen MR) is 66.9 cm³/mol. The number of nitrogens with zero attached hydrogens (tertiary/aromatic N) is 2. The Morgan fingerprint density at radius 2 is 1.82 bits per heavy atom. The second-order valence-corrected chi connectivity index (χ2v) is 5.27. The highest BCUT2D eigenvalue weighted by atomic mass is 16.3. The molecular formula is C13H24N2O2. The minimum atomic E-state index is 0.251. The van der Waals surface area contributed by atoms with Gasteiger partial charge in [-0.2, -0.15) is 0 Å². The molecule has 1 atom stereocenters. The summed E-state index contributed by atoms with van der Waals surface area (Å²) in [5.41, 5.74) is 0. The van der Waals surface area contributed by atoms with Gasteiger partial charge in [0.2, 0.25) is 0 Å². The van der Waals surface area contributed by atoms with Crippen LogP contribution in [0.2, 0.25) is 0 Å². The third-order valence-corrected chi connectivity index (χ3v) is 4.04. The van der Waals surface area contributed by atoms with Gasteiger partial charge in [-0.3, -0.25) is 9.69 Å². The van der Waals surface area contributed by atoms with E-state index < -0.39 is 0 Å². The average molecular weight is 240 g/mol. The summed E-state index contributed by atoms with van der Waals surface area (Å²) in [6, 6.07) is 0. The maximum Gasteiger partial charge on any atom is 0.137 e. The third-order valence-electron chi connectivity index (χ3n) is 4.04. The van der Waals surface area contributed by atoms with Crippen molar-refractivity contribution in [2.75, 3.05) is 45.9 Å². The first kappa shape index (κ1) is 13.0. The summed E-state index contributed by atoms with van der Waals surface area (Å²) in [6.45, 7) is 6.15. The minimum Gasteiger partial charge on any atom is -0.395 e. The first-order chi connectivity index (χ1) is 8.29. The number of aliphatic hydroxyl groups is 1. The monoisotopic (exact) mass is 240 g/mol. The third kappa shape index (κ3) is 3.76. The topological polar surface area (TPSA) is 43.8 Å². The first-order valence-corrected chi connectivity index (χ1v) is 6.88. The first-order valence-electron chi connectivity index (χ1n) is 6.88. The van der Waals surface area contributed by atoms with Gasteiger partial charge >= 0.3 is 0 Å². The number of carbonyl (C=O) groups is 1. The van der Waals surface area contributed by atoms with Crippen molar-refractivity contribution in [3.05, 3.63) is 0 Å². The van der Waals surface area contributed by atoms with Crippen LogP contribution in [0.5, 0.6) is 0 Å². The minimum absolute atomic E-state index is 0.251. The Balaban J connectivity index is 1.72. The Hall–Kier alpha value is -0.450. The molecule has 4 nitrogen and oxygen atoms in total. The number of rotatable bonds is 4.